The minimum atomic E-state index is -0.780. The number of hydrogen-bond donors (Lipinski definition) is 2. The van der Waals surface area contributed by atoms with E-state index in [-0.39, 0.29) is 30.2 Å². The van der Waals surface area contributed by atoms with Crippen molar-refractivity contribution in [3.05, 3.63) is 65.2 Å². The Labute approximate surface area is 168 Å². The smallest absolute Gasteiger partial charge is 0.295 e. The molecule has 0 aliphatic carbocycles. The summed E-state index contributed by atoms with van der Waals surface area (Å²) < 4.78 is 10.5. The number of aliphatic hydroxyl groups excluding tert-OH is 1. The van der Waals surface area contributed by atoms with Crippen LogP contribution in [0.3, 0.4) is 0 Å². The summed E-state index contributed by atoms with van der Waals surface area (Å²) in [7, 11) is 1.51. The van der Waals surface area contributed by atoms with Gasteiger partial charge in [0, 0.05) is 19.2 Å². The Morgan fingerprint density at radius 2 is 1.72 bits per heavy atom. The van der Waals surface area contributed by atoms with Gasteiger partial charge >= 0.3 is 0 Å². The molecule has 0 unspecified atom stereocenters. The first-order valence-electron chi connectivity index (χ1n) is 9.27. The summed E-state index contributed by atoms with van der Waals surface area (Å²) in [6.07, 6.45) is 0. The SMILES string of the molecule is CCOc1ccc(/C(O)=C2\C(=O)C(=O)N(CCOC)[C@@H]2c2ccc(O)cc2)cc1. The first kappa shape index (κ1) is 20.4. The average molecular weight is 397 g/mol. The van der Waals surface area contributed by atoms with Crippen LogP contribution in [0.4, 0.5) is 0 Å². The van der Waals surface area contributed by atoms with Gasteiger partial charge in [-0.3, -0.25) is 9.59 Å². The Kier molecular flexibility index (Phi) is 6.19. The number of phenolic OH excluding ortho intramolecular Hbond substituents is 1. The minimum absolute atomic E-state index is 0.000882. The third-order valence-corrected chi connectivity index (χ3v) is 4.72. The number of Topliss-reactive ketones (excluding diaryl/α,β-unsaturated/α-hetero) is 1. The Morgan fingerprint density at radius 1 is 1.07 bits per heavy atom. The minimum Gasteiger partial charge on any atom is -0.508 e. The lowest BCUT2D eigenvalue weighted by Gasteiger charge is -2.25. The van der Waals surface area contributed by atoms with Crippen LogP contribution in [0.15, 0.2) is 54.1 Å². The fraction of sp³-hybridized carbons (Fsp3) is 0.273. The largest absolute Gasteiger partial charge is 0.508 e. The number of nitrogens with zero attached hydrogens (tertiary/aromatic N) is 1. The molecule has 2 N–H and O–H groups in total. The van der Waals surface area contributed by atoms with E-state index in [9.17, 15) is 19.8 Å². The number of ether oxygens (including phenoxy) is 2. The number of likely N-dealkylation sites (tertiary alicyclic amines) is 1. The third-order valence-electron chi connectivity index (χ3n) is 4.72. The second kappa shape index (κ2) is 8.79. The van der Waals surface area contributed by atoms with Crippen LogP contribution in [-0.2, 0) is 14.3 Å². The van der Waals surface area contributed by atoms with Crippen molar-refractivity contribution < 1.29 is 29.3 Å². The molecular formula is C22H23NO6. The molecule has 7 heteroatoms. The lowest BCUT2D eigenvalue weighted by Crippen LogP contribution is -2.32. The van der Waals surface area contributed by atoms with Gasteiger partial charge in [0.05, 0.1) is 24.8 Å². The van der Waals surface area contributed by atoms with Gasteiger partial charge in [-0.25, -0.2) is 0 Å². The molecule has 0 saturated carbocycles. The Morgan fingerprint density at radius 3 is 2.31 bits per heavy atom. The molecule has 1 aliphatic rings. The highest BCUT2D eigenvalue weighted by Crippen LogP contribution is 2.39. The zero-order valence-electron chi connectivity index (χ0n) is 16.3. The normalized spacial score (nSPS) is 18.3. The second-order valence-corrected chi connectivity index (χ2v) is 6.53. The van der Waals surface area contributed by atoms with Crippen LogP contribution >= 0.6 is 0 Å². The summed E-state index contributed by atoms with van der Waals surface area (Å²) in [5, 5.41) is 20.5. The molecule has 2 aromatic carbocycles. The van der Waals surface area contributed by atoms with E-state index in [4.69, 9.17) is 9.47 Å². The van der Waals surface area contributed by atoms with Crippen molar-refractivity contribution in [3.63, 3.8) is 0 Å². The van der Waals surface area contributed by atoms with E-state index >= 15 is 0 Å². The standard InChI is InChI=1S/C22H23NO6/c1-3-29-17-10-6-15(7-11-17)20(25)18-19(14-4-8-16(24)9-5-14)23(12-13-28-2)22(27)21(18)26/h4-11,19,24-25H,3,12-13H2,1-2H3/b20-18+/t19-/m1/s1. The molecule has 3 rings (SSSR count). The molecule has 0 aromatic heterocycles. The summed E-state index contributed by atoms with van der Waals surface area (Å²) in [5.41, 5.74) is 1.01. The molecule has 0 radical (unpaired) electrons. The molecule has 1 saturated heterocycles. The number of amides is 1. The lowest BCUT2D eigenvalue weighted by atomic mass is 9.95. The topological polar surface area (TPSA) is 96.3 Å². The molecule has 152 valence electrons. The molecule has 1 aliphatic heterocycles. The fourth-order valence-electron chi connectivity index (χ4n) is 3.33. The van der Waals surface area contributed by atoms with Crippen molar-refractivity contribution in [2.24, 2.45) is 0 Å². The van der Waals surface area contributed by atoms with Crippen LogP contribution < -0.4 is 4.74 Å². The molecule has 1 atom stereocenters. The number of carbonyl (C=O) groups excluding carboxylic acids is 2. The van der Waals surface area contributed by atoms with Crippen LogP contribution in [0, 0.1) is 0 Å². The fourth-order valence-corrected chi connectivity index (χ4v) is 3.33. The van der Waals surface area contributed by atoms with Crippen molar-refractivity contribution in [3.8, 4) is 11.5 Å². The summed E-state index contributed by atoms with van der Waals surface area (Å²) in [6, 6.07) is 12.1. The molecule has 2 aromatic rings. The van der Waals surface area contributed by atoms with Crippen molar-refractivity contribution >= 4 is 17.4 Å². The van der Waals surface area contributed by atoms with Gasteiger partial charge in [0.25, 0.3) is 11.7 Å². The van der Waals surface area contributed by atoms with Gasteiger partial charge in [-0.05, 0) is 48.9 Å². The number of methoxy groups -OCH3 is 1. The number of benzene rings is 2. The number of carbonyl (C=O) groups is 2. The van der Waals surface area contributed by atoms with Crippen LogP contribution in [0.5, 0.6) is 11.5 Å². The van der Waals surface area contributed by atoms with Crippen molar-refractivity contribution in [2.75, 3.05) is 26.9 Å². The zero-order chi connectivity index (χ0) is 21.0. The number of aromatic hydroxyl groups is 1. The van der Waals surface area contributed by atoms with Gasteiger partial charge in [0.1, 0.15) is 17.3 Å². The molecule has 7 nitrogen and oxygen atoms in total. The number of ketones is 1. The van der Waals surface area contributed by atoms with E-state index in [2.05, 4.69) is 0 Å². The van der Waals surface area contributed by atoms with E-state index in [1.54, 1.807) is 36.4 Å². The van der Waals surface area contributed by atoms with E-state index in [0.717, 1.165) is 0 Å². The highest BCUT2D eigenvalue weighted by atomic mass is 16.5. The molecule has 1 amide bonds. The summed E-state index contributed by atoms with van der Waals surface area (Å²) >= 11 is 0. The van der Waals surface area contributed by atoms with E-state index in [0.29, 0.717) is 23.5 Å². The van der Waals surface area contributed by atoms with Gasteiger partial charge in [-0.2, -0.15) is 0 Å². The van der Waals surface area contributed by atoms with Crippen molar-refractivity contribution in [1.29, 1.82) is 0 Å². The first-order chi connectivity index (χ1) is 14.0. The molecule has 0 spiro atoms. The summed E-state index contributed by atoms with van der Waals surface area (Å²) in [4.78, 5) is 26.8. The summed E-state index contributed by atoms with van der Waals surface area (Å²) in [5.74, 6) is -1.02. The Balaban J connectivity index is 2.09. The monoisotopic (exact) mass is 397 g/mol. The Hall–Kier alpha value is -3.32. The van der Waals surface area contributed by atoms with Gasteiger partial charge < -0.3 is 24.6 Å². The number of phenols is 1. The average Bonchev–Trinajstić information content (AvgIpc) is 2.98. The highest BCUT2D eigenvalue weighted by molar-refractivity contribution is 6.46. The van der Waals surface area contributed by atoms with E-state index < -0.39 is 17.7 Å². The maximum absolute atomic E-state index is 12.8. The number of hydrogen-bond acceptors (Lipinski definition) is 6. The summed E-state index contributed by atoms with van der Waals surface area (Å²) in [6.45, 7) is 2.81. The van der Waals surface area contributed by atoms with Crippen LogP contribution in [0.25, 0.3) is 5.76 Å². The van der Waals surface area contributed by atoms with Crippen molar-refractivity contribution in [1.82, 2.24) is 4.90 Å². The van der Waals surface area contributed by atoms with Gasteiger partial charge in [0.15, 0.2) is 0 Å². The number of rotatable bonds is 7. The maximum atomic E-state index is 12.8. The number of aliphatic hydroxyl groups is 1. The first-order valence-corrected chi connectivity index (χ1v) is 9.27. The van der Waals surface area contributed by atoms with Crippen LogP contribution in [0.1, 0.15) is 24.1 Å². The molecule has 0 bridgehead atoms. The molecule has 29 heavy (non-hydrogen) atoms. The molecular weight excluding hydrogens is 374 g/mol. The van der Waals surface area contributed by atoms with E-state index in [1.807, 2.05) is 6.92 Å². The quantitative estimate of drug-likeness (QED) is 0.424. The van der Waals surface area contributed by atoms with E-state index in [1.165, 1.54) is 24.1 Å². The van der Waals surface area contributed by atoms with Crippen LogP contribution in [-0.4, -0.2) is 53.7 Å². The van der Waals surface area contributed by atoms with Gasteiger partial charge in [0.2, 0.25) is 0 Å². The predicted octanol–water partition coefficient (Wildman–Crippen LogP) is 2.86. The molecule has 1 heterocycles. The lowest BCUT2D eigenvalue weighted by molar-refractivity contribution is -0.140. The Bertz CT molecular complexity index is 917. The second-order valence-electron chi connectivity index (χ2n) is 6.53. The van der Waals surface area contributed by atoms with Crippen LogP contribution in [0.2, 0.25) is 0 Å². The maximum Gasteiger partial charge on any atom is 0.295 e. The van der Waals surface area contributed by atoms with Crippen molar-refractivity contribution in [2.45, 2.75) is 13.0 Å². The third kappa shape index (κ3) is 4.09. The van der Waals surface area contributed by atoms with Gasteiger partial charge in [-0.15, -0.1) is 0 Å². The zero-order valence-corrected chi connectivity index (χ0v) is 16.3. The molecule has 1 fully saturated rings. The predicted molar refractivity (Wildman–Crippen MR) is 107 cm³/mol. The van der Waals surface area contributed by atoms with Gasteiger partial charge in [-0.1, -0.05) is 12.1 Å². The highest BCUT2D eigenvalue weighted by Gasteiger charge is 2.45.